The van der Waals surface area contributed by atoms with Crippen LogP contribution in [-0.2, 0) is 0 Å². The van der Waals surface area contributed by atoms with Gasteiger partial charge in [-0.2, -0.15) is 11.8 Å². The second-order valence-electron chi connectivity index (χ2n) is 3.15. The third-order valence-electron chi connectivity index (χ3n) is 1.72. The molecule has 0 amide bonds. The molecule has 1 aliphatic rings. The maximum absolute atomic E-state index is 3.42. The lowest BCUT2D eigenvalue weighted by molar-refractivity contribution is 0.530. The van der Waals surface area contributed by atoms with Crippen molar-refractivity contribution in [2.45, 2.75) is 37.2 Å². The molecule has 1 aliphatic heterocycles. The third-order valence-corrected chi connectivity index (χ3v) is 3.05. The van der Waals surface area contributed by atoms with Gasteiger partial charge in [-0.15, -0.1) is 0 Å². The second-order valence-corrected chi connectivity index (χ2v) is 5.03. The van der Waals surface area contributed by atoms with E-state index in [1.165, 1.54) is 25.9 Å². The minimum atomic E-state index is 0.796. The highest BCUT2D eigenvalue weighted by molar-refractivity contribution is 8.00. The Balaban J connectivity index is 2.13. The van der Waals surface area contributed by atoms with Crippen LogP contribution in [0, 0.1) is 0 Å². The maximum atomic E-state index is 3.42. The molecule has 1 fully saturated rings. The van der Waals surface area contributed by atoms with Gasteiger partial charge in [-0.05, 0) is 24.6 Å². The summed E-state index contributed by atoms with van der Waals surface area (Å²) in [6.07, 6.45) is 2.78. The van der Waals surface area contributed by atoms with Crippen LogP contribution in [0.1, 0.15) is 26.7 Å². The number of piperidine rings is 1. The minimum absolute atomic E-state index is 0.796. The molecule has 10 heavy (non-hydrogen) atoms. The average Bonchev–Trinajstić information content (AvgIpc) is 1.88. The van der Waals surface area contributed by atoms with Crippen molar-refractivity contribution in [3.63, 3.8) is 0 Å². The summed E-state index contributed by atoms with van der Waals surface area (Å²) in [7, 11) is 0. The normalized spacial score (nSPS) is 27.3. The molecule has 1 rings (SSSR count). The van der Waals surface area contributed by atoms with Gasteiger partial charge < -0.3 is 5.32 Å². The molecule has 2 heteroatoms. The number of thioether (sulfide) groups is 1. The Labute approximate surface area is 68.0 Å². The van der Waals surface area contributed by atoms with Crippen LogP contribution in [0.3, 0.4) is 0 Å². The number of rotatable bonds is 2. The van der Waals surface area contributed by atoms with Gasteiger partial charge in [0.1, 0.15) is 0 Å². The Morgan fingerprint density at radius 2 is 2.30 bits per heavy atom. The molecule has 1 heterocycles. The first-order chi connectivity index (χ1) is 4.79. The number of hydrogen-bond donors (Lipinski definition) is 1. The van der Waals surface area contributed by atoms with Crippen molar-refractivity contribution in [1.82, 2.24) is 5.32 Å². The molecule has 0 spiro atoms. The summed E-state index contributed by atoms with van der Waals surface area (Å²) in [6, 6.07) is 0. The fraction of sp³-hybridized carbons (Fsp3) is 1.00. The molecule has 0 aromatic heterocycles. The Kier molecular flexibility index (Phi) is 3.57. The Morgan fingerprint density at radius 1 is 1.50 bits per heavy atom. The quantitative estimate of drug-likeness (QED) is 0.660. The first kappa shape index (κ1) is 8.41. The molecule has 0 aliphatic carbocycles. The zero-order valence-corrected chi connectivity index (χ0v) is 7.71. The SMILES string of the molecule is CC(C)SC1CCCNC1. The van der Waals surface area contributed by atoms with E-state index in [9.17, 15) is 0 Å². The molecule has 1 N–H and O–H groups in total. The summed E-state index contributed by atoms with van der Waals surface area (Å²) in [5.41, 5.74) is 0. The van der Waals surface area contributed by atoms with E-state index in [0.717, 1.165) is 10.5 Å². The Bertz CT molecular complexity index is 87.3. The lowest BCUT2D eigenvalue weighted by Crippen LogP contribution is -2.32. The molecule has 60 valence electrons. The smallest absolute Gasteiger partial charge is 0.0175 e. The molecule has 1 unspecified atom stereocenters. The Hall–Kier alpha value is 0.310. The van der Waals surface area contributed by atoms with Crippen LogP contribution in [0.5, 0.6) is 0 Å². The summed E-state index contributed by atoms with van der Waals surface area (Å²) < 4.78 is 0. The van der Waals surface area contributed by atoms with Crippen molar-refractivity contribution in [2.75, 3.05) is 13.1 Å². The highest BCUT2D eigenvalue weighted by atomic mass is 32.2. The summed E-state index contributed by atoms with van der Waals surface area (Å²) in [4.78, 5) is 0. The topological polar surface area (TPSA) is 12.0 Å². The van der Waals surface area contributed by atoms with Crippen LogP contribution in [0.2, 0.25) is 0 Å². The predicted molar refractivity (Wildman–Crippen MR) is 48.6 cm³/mol. The largest absolute Gasteiger partial charge is 0.316 e. The molecule has 0 aromatic rings. The van der Waals surface area contributed by atoms with Gasteiger partial charge in [-0.1, -0.05) is 13.8 Å². The van der Waals surface area contributed by atoms with E-state index in [1.54, 1.807) is 0 Å². The summed E-state index contributed by atoms with van der Waals surface area (Å²) in [6.45, 7) is 7.01. The first-order valence-corrected chi connectivity index (χ1v) is 5.09. The lowest BCUT2D eigenvalue weighted by atomic mass is 10.2. The average molecular weight is 159 g/mol. The van der Waals surface area contributed by atoms with Gasteiger partial charge in [-0.25, -0.2) is 0 Å². The molecule has 1 nitrogen and oxygen atoms in total. The van der Waals surface area contributed by atoms with Gasteiger partial charge in [0, 0.05) is 11.8 Å². The minimum Gasteiger partial charge on any atom is -0.316 e. The van der Waals surface area contributed by atoms with Crippen molar-refractivity contribution in [1.29, 1.82) is 0 Å². The van der Waals surface area contributed by atoms with Gasteiger partial charge >= 0.3 is 0 Å². The zero-order chi connectivity index (χ0) is 7.40. The van der Waals surface area contributed by atoms with Crippen LogP contribution in [0.25, 0.3) is 0 Å². The number of nitrogens with one attached hydrogen (secondary N) is 1. The fourth-order valence-corrected chi connectivity index (χ4v) is 2.61. The van der Waals surface area contributed by atoms with E-state index in [0.29, 0.717) is 0 Å². The van der Waals surface area contributed by atoms with Crippen molar-refractivity contribution in [3.05, 3.63) is 0 Å². The van der Waals surface area contributed by atoms with Gasteiger partial charge in [0.25, 0.3) is 0 Å². The second kappa shape index (κ2) is 4.24. The zero-order valence-electron chi connectivity index (χ0n) is 6.89. The monoisotopic (exact) mass is 159 g/mol. The van der Waals surface area contributed by atoms with Gasteiger partial charge in [0.2, 0.25) is 0 Å². The summed E-state index contributed by atoms with van der Waals surface area (Å²) in [5, 5.41) is 5.10. The molecule has 1 saturated heterocycles. The van der Waals surface area contributed by atoms with Crippen molar-refractivity contribution in [3.8, 4) is 0 Å². The Morgan fingerprint density at radius 3 is 2.80 bits per heavy atom. The van der Waals surface area contributed by atoms with Crippen molar-refractivity contribution < 1.29 is 0 Å². The third kappa shape index (κ3) is 2.93. The lowest BCUT2D eigenvalue weighted by Gasteiger charge is -2.23. The van der Waals surface area contributed by atoms with Gasteiger partial charge in [0.05, 0.1) is 0 Å². The summed E-state index contributed by atoms with van der Waals surface area (Å²) >= 11 is 2.11. The van der Waals surface area contributed by atoms with E-state index < -0.39 is 0 Å². The molecule has 0 radical (unpaired) electrons. The predicted octanol–water partition coefficient (Wildman–Crippen LogP) is 1.88. The van der Waals surface area contributed by atoms with E-state index in [2.05, 4.69) is 30.9 Å². The van der Waals surface area contributed by atoms with E-state index in [-0.39, 0.29) is 0 Å². The molecule has 1 atom stereocenters. The number of hydrogen-bond acceptors (Lipinski definition) is 2. The summed E-state index contributed by atoms with van der Waals surface area (Å²) in [5.74, 6) is 0. The van der Waals surface area contributed by atoms with Gasteiger partial charge in [0.15, 0.2) is 0 Å². The highest BCUT2D eigenvalue weighted by Gasteiger charge is 2.13. The fourth-order valence-electron chi connectivity index (χ4n) is 1.32. The van der Waals surface area contributed by atoms with E-state index in [4.69, 9.17) is 0 Å². The standard InChI is InChI=1S/C8H17NS/c1-7(2)10-8-4-3-5-9-6-8/h7-9H,3-6H2,1-2H3. The van der Waals surface area contributed by atoms with Gasteiger partial charge in [-0.3, -0.25) is 0 Å². The first-order valence-electron chi connectivity index (χ1n) is 4.15. The molecule has 0 bridgehead atoms. The molecule has 0 aromatic carbocycles. The van der Waals surface area contributed by atoms with Crippen LogP contribution in [-0.4, -0.2) is 23.6 Å². The molecular formula is C8H17NS. The van der Waals surface area contributed by atoms with Crippen molar-refractivity contribution >= 4 is 11.8 Å². The maximum Gasteiger partial charge on any atom is 0.0175 e. The molecule has 0 saturated carbocycles. The van der Waals surface area contributed by atoms with Crippen LogP contribution >= 0.6 is 11.8 Å². The van der Waals surface area contributed by atoms with Crippen molar-refractivity contribution in [2.24, 2.45) is 0 Å². The highest BCUT2D eigenvalue weighted by Crippen LogP contribution is 2.22. The molecular weight excluding hydrogens is 142 g/mol. The van der Waals surface area contributed by atoms with E-state index in [1.807, 2.05) is 0 Å². The van der Waals surface area contributed by atoms with Crippen LogP contribution < -0.4 is 5.32 Å². The van der Waals surface area contributed by atoms with Crippen LogP contribution in [0.15, 0.2) is 0 Å². The van der Waals surface area contributed by atoms with E-state index >= 15 is 0 Å². The van der Waals surface area contributed by atoms with Crippen LogP contribution in [0.4, 0.5) is 0 Å².